The monoisotopic (exact) mass is 437 g/mol. The number of nitrogens with one attached hydrogen (secondary N) is 2. The molecule has 8 heteroatoms. The molecule has 0 unspecified atom stereocenters. The van der Waals surface area contributed by atoms with Gasteiger partial charge in [0.05, 0.1) is 5.75 Å². The molecule has 3 aromatic rings. The summed E-state index contributed by atoms with van der Waals surface area (Å²) in [4.78, 5) is 11.4. The van der Waals surface area contributed by atoms with E-state index in [0.29, 0.717) is 11.6 Å². The molecule has 31 heavy (non-hydrogen) atoms. The third kappa shape index (κ3) is 5.73. The Morgan fingerprint density at radius 1 is 0.903 bits per heavy atom. The number of benzene rings is 2. The number of rotatable bonds is 7. The molecule has 1 fully saturated rings. The Labute approximate surface area is 183 Å². The Balaban J connectivity index is 1.42. The molecule has 0 radical (unpaired) electrons. The summed E-state index contributed by atoms with van der Waals surface area (Å²) < 4.78 is 27.6. The molecule has 2 N–H and O–H groups in total. The molecule has 2 aromatic carbocycles. The van der Waals surface area contributed by atoms with Gasteiger partial charge in [-0.1, -0.05) is 29.8 Å². The second-order valence-corrected chi connectivity index (χ2v) is 9.66. The van der Waals surface area contributed by atoms with Gasteiger partial charge in [-0.05, 0) is 56.5 Å². The van der Waals surface area contributed by atoms with E-state index in [1.165, 1.54) is 12.8 Å². The van der Waals surface area contributed by atoms with Crippen molar-refractivity contribution in [2.75, 3.05) is 28.0 Å². The van der Waals surface area contributed by atoms with Crippen molar-refractivity contribution in [2.45, 2.75) is 32.4 Å². The van der Waals surface area contributed by atoms with Crippen LogP contribution in [-0.4, -0.2) is 31.5 Å². The minimum atomic E-state index is -3.49. The van der Waals surface area contributed by atoms with E-state index in [2.05, 4.69) is 24.9 Å². The Hall–Kier alpha value is -3.13. The highest BCUT2D eigenvalue weighted by Gasteiger charge is 2.15. The summed E-state index contributed by atoms with van der Waals surface area (Å²) in [7, 11) is -3.49. The molecule has 0 saturated carbocycles. The maximum atomic E-state index is 12.5. The quantitative estimate of drug-likeness (QED) is 0.570. The third-order valence-electron chi connectivity index (χ3n) is 5.16. The van der Waals surface area contributed by atoms with Gasteiger partial charge in [-0.2, -0.15) is 4.98 Å². The number of nitrogens with zero attached hydrogens (tertiary/aromatic N) is 3. The minimum Gasteiger partial charge on any atom is -0.356 e. The van der Waals surface area contributed by atoms with Crippen molar-refractivity contribution in [3.63, 3.8) is 0 Å². The van der Waals surface area contributed by atoms with Crippen LogP contribution < -0.4 is 14.9 Å². The molecule has 0 amide bonds. The summed E-state index contributed by atoms with van der Waals surface area (Å²) in [5.41, 5.74) is 4.06. The fourth-order valence-electron chi connectivity index (χ4n) is 3.59. The summed E-state index contributed by atoms with van der Waals surface area (Å²) in [5, 5.41) is 3.22. The summed E-state index contributed by atoms with van der Waals surface area (Å²) >= 11 is 0. The average Bonchev–Trinajstić information content (AvgIpc) is 3.25. The SMILES string of the molecule is Cc1ccc(CS(=O)(=O)Nc2ccc(Nc3nc(C)cc(N4CCCC4)n3)cc2)cc1. The van der Waals surface area contributed by atoms with Crippen LogP contribution in [0.2, 0.25) is 0 Å². The van der Waals surface area contributed by atoms with Crippen molar-refractivity contribution in [3.8, 4) is 0 Å². The first-order valence-electron chi connectivity index (χ1n) is 10.4. The summed E-state index contributed by atoms with van der Waals surface area (Å²) in [6.07, 6.45) is 2.38. The molecule has 0 bridgehead atoms. The Kier molecular flexibility index (Phi) is 6.08. The van der Waals surface area contributed by atoms with Crippen LogP contribution in [0.15, 0.2) is 54.6 Å². The van der Waals surface area contributed by atoms with Crippen molar-refractivity contribution in [3.05, 3.63) is 71.4 Å². The smallest absolute Gasteiger partial charge is 0.236 e. The van der Waals surface area contributed by atoms with Gasteiger partial charge in [0.25, 0.3) is 0 Å². The van der Waals surface area contributed by atoms with E-state index in [0.717, 1.165) is 41.4 Å². The zero-order valence-corrected chi connectivity index (χ0v) is 18.6. The van der Waals surface area contributed by atoms with Crippen molar-refractivity contribution in [2.24, 2.45) is 0 Å². The van der Waals surface area contributed by atoms with E-state index < -0.39 is 10.0 Å². The van der Waals surface area contributed by atoms with Gasteiger partial charge in [-0.25, -0.2) is 13.4 Å². The topological polar surface area (TPSA) is 87.2 Å². The number of hydrogen-bond acceptors (Lipinski definition) is 6. The molecular weight excluding hydrogens is 410 g/mol. The minimum absolute atomic E-state index is 0.0658. The van der Waals surface area contributed by atoms with E-state index in [4.69, 9.17) is 0 Å². The van der Waals surface area contributed by atoms with Gasteiger partial charge in [0.1, 0.15) is 5.82 Å². The van der Waals surface area contributed by atoms with Crippen LogP contribution in [0.25, 0.3) is 0 Å². The molecule has 0 aliphatic carbocycles. The fourth-order valence-corrected chi connectivity index (χ4v) is 4.78. The predicted octanol–water partition coefficient (Wildman–Crippen LogP) is 4.38. The molecule has 0 spiro atoms. The van der Waals surface area contributed by atoms with Crippen LogP contribution >= 0.6 is 0 Å². The Morgan fingerprint density at radius 2 is 1.55 bits per heavy atom. The van der Waals surface area contributed by atoms with Gasteiger partial charge < -0.3 is 10.2 Å². The summed E-state index contributed by atoms with van der Waals surface area (Å²) in [6, 6.07) is 16.6. The van der Waals surface area contributed by atoms with Gasteiger partial charge in [-0.15, -0.1) is 0 Å². The van der Waals surface area contributed by atoms with Gasteiger partial charge in [0.15, 0.2) is 0 Å². The molecule has 4 rings (SSSR count). The van der Waals surface area contributed by atoms with Crippen LogP contribution in [-0.2, 0) is 15.8 Å². The van der Waals surface area contributed by atoms with Crippen LogP contribution in [0.1, 0.15) is 29.7 Å². The number of hydrogen-bond donors (Lipinski definition) is 2. The summed E-state index contributed by atoms with van der Waals surface area (Å²) in [6.45, 7) is 5.97. The third-order valence-corrected chi connectivity index (χ3v) is 6.42. The van der Waals surface area contributed by atoms with Crippen LogP contribution in [0.4, 0.5) is 23.1 Å². The lowest BCUT2D eigenvalue weighted by molar-refractivity contribution is 0.600. The lowest BCUT2D eigenvalue weighted by Crippen LogP contribution is -2.19. The first-order valence-corrected chi connectivity index (χ1v) is 12.1. The number of anilines is 4. The first kappa shape index (κ1) is 21.1. The highest BCUT2D eigenvalue weighted by atomic mass is 32.2. The molecule has 1 aliphatic rings. The van der Waals surface area contributed by atoms with Crippen LogP contribution in [0.3, 0.4) is 0 Å². The zero-order chi connectivity index (χ0) is 21.8. The molecule has 2 heterocycles. The van der Waals surface area contributed by atoms with Crippen molar-refractivity contribution in [1.82, 2.24) is 9.97 Å². The van der Waals surface area contributed by atoms with Gasteiger partial charge >= 0.3 is 0 Å². The molecule has 1 aliphatic heterocycles. The molecular formula is C23H27N5O2S. The van der Waals surface area contributed by atoms with E-state index in [-0.39, 0.29) is 5.75 Å². The Morgan fingerprint density at radius 3 is 2.23 bits per heavy atom. The van der Waals surface area contributed by atoms with E-state index >= 15 is 0 Å². The van der Waals surface area contributed by atoms with Gasteiger partial charge in [0.2, 0.25) is 16.0 Å². The van der Waals surface area contributed by atoms with Gasteiger partial charge in [-0.3, -0.25) is 4.72 Å². The largest absolute Gasteiger partial charge is 0.356 e. The maximum absolute atomic E-state index is 12.5. The molecule has 162 valence electrons. The number of sulfonamides is 1. The first-order chi connectivity index (χ1) is 14.9. The standard InChI is InChI=1S/C23H27N5O2S/c1-17-5-7-19(8-6-17)16-31(29,30)27-21-11-9-20(10-12-21)25-23-24-18(2)15-22(26-23)28-13-3-4-14-28/h5-12,15,27H,3-4,13-14,16H2,1-2H3,(H,24,25,26). The van der Waals surface area contributed by atoms with Crippen molar-refractivity contribution >= 4 is 33.2 Å². The number of aryl methyl sites for hydroxylation is 2. The van der Waals surface area contributed by atoms with Crippen molar-refractivity contribution < 1.29 is 8.42 Å². The average molecular weight is 438 g/mol. The molecule has 1 aromatic heterocycles. The zero-order valence-electron chi connectivity index (χ0n) is 17.8. The highest BCUT2D eigenvalue weighted by Crippen LogP contribution is 2.23. The lowest BCUT2D eigenvalue weighted by Gasteiger charge is -2.17. The summed E-state index contributed by atoms with van der Waals surface area (Å²) in [5.74, 6) is 1.41. The second-order valence-electron chi connectivity index (χ2n) is 7.93. The van der Waals surface area contributed by atoms with E-state index in [1.807, 2.05) is 56.3 Å². The van der Waals surface area contributed by atoms with E-state index in [1.54, 1.807) is 12.1 Å². The Bertz CT molecular complexity index is 1140. The molecule has 0 atom stereocenters. The number of aromatic nitrogens is 2. The molecule has 7 nitrogen and oxygen atoms in total. The molecule has 1 saturated heterocycles. The predicted molar refractivity (Wildman–Crippen MR) is 125 cm³/mol. The van der Waals surface area contributed by atoms with Crippen LogP contribution in [0.5, 0.6) is 0 Å². The van der Waals surface area contributed by atoms with Crippen molar-refractivity contribution in [1.29, 1.82) is 0 Å². The van der Waals surface area contributed by atoms with Gasteiger partial charge in [0, 0.05) is 36.2 Å². The fraction of sp³-hybridized carbons (Fsp3) is 0.304. The second kappa shape index (κ2) is 8.93. The van der Waals surface area contributed by atoms with E-state index in [9.17, 15) is 8.42 Å². The lowest BCUT2D eigenvalue weighted by atomic mass is 10.2. The highest BCUT2D eigenvalue weighted by molar-refractivity contribution is 7.91. The normalized spacial score (nSPS) is 13.9. The maximum Gasteiger partial charge on any atom is 0.236 e. The van der Waals surface area contributed by atoms with Crippen LogP contribution in [0, 0.1) is 13.8 Å².